The highest BCUT2D eigenvalue weighted by Crippen LogP contribution is 2.21. The van der Waals surface area contributed by atoms with Gasteiger partial charge in [0.25, 0.3) is 5.91 Å². The molecule has 0 aliphatic rings. The van der Waals surface area contributed by atoms with E-state index in [9.17, 15) is 14.4 Å². The molecule has 0 fully saturated rings. The van der Waals surface area contributed by atoms with E-state index in [-0.39, 0.29) is 30.8 Å². The number of fused-ring (bicyclic) bond motifs is 1. The fraction of sp³-hybridized carbons (Fsp3) is 0.269. The maximum atomic E-state index is 13.0. The molecule has 0 aromatic heterocycles. The van der Waals surface area contributed by atoms with Crippen molar-refractivity contribution < 1.29 is 19.5 Å². The highest BCUT2D eigenvalue weighted by molar-refractivity contribution is 5.95. The second-order valence-corrected chi connectivity index (χ2v) is 8.18. The zero-order valence-electron chi connectivity index (χ0n) is 18.8. The number of carboxylic acids is 1. The predicted molar refractivity (Wildman–Crippen MR) is 129 cm³/mol. The Kier molecular flexibility index (Phi) is 8.02. The van der Waals surface area contributed by atoms with Crippen molar-refractivity contribution in [2.45, 2.75) is 38.8 Å². The van der Waals surface area contributed by atoms with Gasteiger partial charge in [0.15, 0.2) is 0 Å². The number of carbonyl (C=O) groups is 3. The molecule has 0 radical (unpaired) electrons. The Balaban J connectivity index is 1.76. The van der Waals surface area contributed by atoms with Gasteiger partial charge in [-0.15, -0.1) is 0 Å². The Bertz CT molecular complexity index is 1120. The van der Waals surface area contributed by atoms with Crippen molar-refractivity contribution in [2.24, 2.45) is 0 Å². The number of carbonyl (C=O) groups excluding carboxylic acids is 2. The summed E-state index contributed by atoms with van der Waals surface area (Å²) >= 11 is 0. The van der Waals surface area contributed by atoms with Gasteiger partial charge in [0, 0.05) is 30.3 Å². The van der Waals surface area contributed by atoms with E-state index in [1.54, 1.807) is 24.3 Å². The minimum Gasteiger partial charge on any atom is -0.481 e. The van der Waals surface area contributed by atoms with E-state index in [0.29, 0.717) is 17.7 Å². The minimum atomic E-state index is -0.966. The maximum Gasteiger partial charge on any atom is 0.305 e. The van der Waals surface area contributed by atoms with E-state index in [2.05, 4.69) is 34.1 Å². The Labute approximate surface area is 193 Å². The van der Waals surface area contributed by atoms with Crippen molar-refractivity contribution in [3.63, 3.8) is 0 Å². The Morgan fingerprint density at radius 3 is 2.30 bits per heavy atom. The number of amides is 2. The van der Waals surface area contributed by atoms with Crippen LogP contribution in [0.25, 0.3) is 10.8 Å². The third kappa shape index (κ3) is 6.80. The zero-order chi connectivity index (χ0) is 23.8. The summed E-state index contributed by atoms with van der Waals surface area (Å²) in [5.41, 5.74) is 2.20. The first-order valence-electron chi connectivity index (χ1n) is 11.0. The topological polar surface area (TPSA) is 108 Å². The fourth-order valence-electron chi connectivity index (χ4n) is 3.59. The van der Waals surface area contributed by atoms with Crippen LogP contribution in [0.1, 0.15) is 36.2 Å². The molecule has 3 rings (SSSR count). The highest BCUT2D eigenvalue weighted by Gasteiger charge is 2.21. The van der Waals surface area contributed by atoms with E-state index in [1.165, 1.54) is 0 Å². The van der Waals surface area contributed by atoms with E-state index < -0.39 is 12.0 Å². The molecule has 7 nitrogen and oxygen atoms in total. The predicted octanol–water partition coefficient (Wildman–Crippen LogP) is 3.59. The second-order valence-electron chi connectivity index (χ2n) is 8.18. The number of anilines is 1. The molecule has 1 atom stereocenters. The summed E-state index contributed by atoms with van der Waals surface area (Å²) in [4.78, 5) is 35.7. The van der Waals surface area contributed by atoms with Gasteiger partial charge in [0.2, 0.25) is 5.91 Å². The van der Waals surface area contributed by atoms with Gasteiger partial charge in [-0.05, 0) is 54.4 Å². The SMILES string of the molecule is CC(C)NC(=O)[C@H](Cc1cccc2ccccc12)Nc1ccc(C(=O)NCCC(=O)O)cc1. The number of nitrogens with one attached hydrogen (secondary N) is 3. The Morgan fingerprint density at radius 2 is 1.61 bits per heavy atom. The lowest BCUT2D eigenvalue weighted by Gasteiger charge is -2.22. The van der Waals surface area contributed by atoms with Crippen LogP contribution in [0.15, 0.2) is 66.7 Å². The normalized spacial score (nSPS) is 11.7. The average Bonchev–Trinajstić information content (AvgIpc) is 2.78. The van der Waals surface area contributed by atoms with E-state index in [0.717, 1.165) is 16.3 Å². The number of hydrogen-bond donors (Lipinski definition) is 4. The lowest BCUT2D eigenvalue weighted by molar-refractivity contribution is -0.136. The van der Waals surface area contributed by atoms with Crippen molar-refractivity contribution >= 4 is 34.2 Å². The first kappa shape index (κ1) is 23.8. The Morgan fingerprint density at radius 1 is 0.909 bits per heavy atom. The van der Waals surface area contributed by atoms with Crippen molar-refractivity contribution in [2.75, 3.05) is 11.9 Å². The van der Waals surface area contributed by atoms with Crippen LogP contribution in [0.2, 0.25) is 0 Å². The van der Waals surface area contributed by atoms with E-state index in [1.807, 2.05) is 38.1 Å². The molecule has 0 heterocycles. The monoisotopic (exact) mass is 447 g/mol. The lowest BCUT2D eigenvalue weighted by Crippen LogP contribution is -2.44. The van der Waals surface area contributed by atoms with Crippen molar-refractivity contribution in [1.29, 1.82) is 0 Å². The summed E-state index contributed by atoms with van der Waals surface area (Å²) in [5, 5.41) is 19.8. The summed E-state index contributed by atoms with van der Waals surface area (Å²) in [6.45, 7) is 3.91. The van der Waals surface area contributed by atoms with Gasteiger partial charge in [-0.1, -0.05) is 42.5 Å². The first-order valence-corrected chi connectivity index (χ1v) is 11.0. The molecule has 4 N–H and O–H groups in total. The summed E-state index contributed by atoms with van der Waals surface area (Å²) in [5.74, 6) is -1.41. The molecule has 7 heteroatoms. The molecule has 0 aliphatic heterocycles. The molecule has 0 unspecified atom stereocenters. The van der Waals surface area contributed by atoms with Crippen LogP contribution in [-0.4, -0.2) is 41.5 Å². The van der Waals surface area contributed by atoms with E-state index in [4.69, 9.17) is 5.11 Å². The number of carboxylic acid groups (broad SMARTS) is 1. The van der Waals surface area contributed by atoms with Gasteiger partial charge in [0.05, 0.1) is 6.42 Å². The molecular formula is C26H29N3O4. The van der Waals surface area contributed by atoms with Crippen LogP contribution in [-0.2, 0) is 16.0 Å². The van der Waals surface area contributed by atoms with Crippen LogP contribution in [0, 0.1) is 0 Å². The largest absolute Gasteiger partial charge is 0.481 e. The fourth-order valence-corrected chi connectivity index (χ4v) is 3.59. The molecule has 33 heavy (non-hydrogen) atoms. The smallest absolute Gasteiger partial charge is 0.305 e. The van der Waals surface area contributed by atoms with Gasteiger partial charge >= 0.3 is 5.97 Å². The minimum absolute atomic E-state index is 0.00573. The third-order valence-corrected chi connectivity index (χ3v) is 5.16. The van der Waals surface area contributed by atoms with Gasteiger partial charge in [-0.25, -0.2) is 0 Å². The van der Waals surface area contributed by atoms with Crippen molar-refractivity contribution in [3.05, 3.63) is 77.9 Å². The lowest BCUT2D eigenvalue weighted by atomic mass is 9.98. The molecule has 3 aromatic rings. The van der Waals surface area contributed by atoms with Gasteiger partial charge in [-0.3, -0.25) is 14.4 Å². The molecule has 172 valence electrons. The highest BCUT2D eigenvalue weighted by atomic mass is 16.4. The molecule has 2 amide bonds. The van der Waals surface area contributed by atoms with E-state index >= 15 is 0 Å². The molecule has 0 saturated heterocycles. The quantitative estimate of drug-likeness (QED) is 0.380. The maximum absolute atomic E-state index is 13.0. The molecule has 0 spiro atoms. The van der Waals surface area contributed by atoms with Crippen LogP contribution >= 0.6 is 0 Å². The first-order chi connectivity index (χ1) is 15.8. The standard InChI is InChI=1S/C26H29N3O4/c1-17(2)28-26(33)23(16-20-8-5-7-18-6-3-4-9-22(18)20)29-21-12-10-19(11-13-21)25(32)27-15-14-24(30)31/h3-13,17,23,29H,14-16H2,1-2H3,(H,27,32)(H,28,33)(H,30,31)/t23-/m0/s1. The molecule has 0 aliphatic carbocycles. The molecule has 3 aromatic carbocycles. The third-order valence-electron chi connectivity index (χ3n) is 5.16. The summed E-state index contributed by atoms with van der Waals surface area (Å²) in [6, 6.07) is 20.4. The number of aliphatic carboxylic acids is 1. The van der Waals surface area contributed by atoms with Crippen LogP contribution < -0.4 is 16.0 Å². The van der Waals surface area contributed by atoms with Crippen LogP contribution in [0.5, 0.6) is 0 Å². The summed E-state index contributed by atoms with van der Waals surface area (Å²) in [7, 11) is 0. The zero-order valence-corrected chi connectivity index (χ0v) is 18.8. The molecule has 0 bridgehead atoms. The van der Waals surface area contributed by atoms with Crippen molar-refractivity contribution in [3.8, 4) is 0 Å². The number of hydrogen-bond acceptors (Lipinski definition) is 4. The van der Waals surface area contributed by atoms with Crippen molar-refractivity contribution in [1.82, 2.24) is 10.6 Å². The van der Waals surface area contributed by atoms with Gasteiger partial charge in [-0.2, -0.15) is 0 Å². The van der Waals surface area contributed by atoms with Crippen LogP contribution in [0.3, 0.4) is 0 Å². The number of benzene rings is 3. The van der Waals surface area contributed by atoms with Gasteiger partial charge in [0.1, 0.15) is 6.04 Å². The summed E-state index contributed by atoms with van der Waals surface area (Å²) in [6.07, 6.45) is 0.365. The number of rotatable bonds is 10. The Hall–Kier alpha value is -3.87. The van der Waals surface area contributed by atoms with Crippen LogP contribution in [0.4, 0.5) is 5.69 Å². The average molecular weight is 448 g/mol. The summed E-state index contributed by atoms with van der Waals surface area (Å²) < 4.78 is 0. The second kappa shape index (κ2) is 11.1. The molecular weight excluding hydrogens is 418 g/mol. The van der Waals surface area contributed by atoms with Gasteiger partial charge < -0.3 is 21.1 Å². The molecule has 0 saturated carbocycles.